The Kier molecular flexibility index (Phi) is 6.04. The quantitative estimate of drug-likeness (QED) is 0.212. The second-order valence-electron chi connectivity index (χ2n) is 7.24. The molecule has 0 aliphatic carbocycles. The Labute approximate surface area is 184 Å². The van der Waals surface area contributed by atoms with Crippen LogP contribution < -0.4 is 0 Å². The highest BCUT2D eigenvalue weighted by atomic mass is 32.2. The molecule has 0 saturated heterocycles. The highest BCUT2D eigenvalue weighted by Gasteiger charge is 2.14. The molecular formula is C24H20N4O2S. The van der Waals surface area contributed by atoms with Crippen LogP contribution >= 0.6 is 11.8 Å². The molecule has 0 aliphatic heterocycles. The van der Waals surface area contributed by atoms with E-state index in [1.165, 1.54) is 35.0 Å². The van der Waals surface area contributed by atoms with Crippen molar-refractivity contribution in [1.29, 1.82) is 0 Å². The Morgan fingerprint density at radius 3 is 1.87 bits per heavy atom. The molecule has 4 aromatic rings. The van der Waals surface area contributed by atoms with E-state index in [9.17, 15) is 10.1 Å². The van der Waals surface area contributed by atoms with Gasteiger partial charge in [-0.2, -0.15) is 0 Å². The first kappa shape index (κ1) is 20.7. The smallest absolute Gasteiger partial charge is 0.258 e. The molecule has 0 atom stereocenters. The van der Waals surface area contributed by atoms with Gasteiger partial charge in [-0.05, 0) is 19.4 Å². The number of nitro benzene ring substituents is 1. The van der Waals surface area contributed by atoms with Crippen molar-refractivity contribution in [3.05, 3.63) is 99.6 Å². The summed E-state index contributed by atoms with van der Waals surface area (Å²) in [6.45, 7) is 4.10. The van der Waals surface area contributed by atoms with E-state index in [1.807, 2.05) is 50.2 Å². The summed E-state index contributed by atoms with van der Waals surface area (Å²) in [5, 5.41) is 20.2. The lowest BCUT2D eigenvalue weighted by Gasteiger charge is -2.10. The van der Waals surface area contributed by atoms with E-state index >= 15 is 0 Å². The predicted octanol–water partition coefficient (Wildman–Crippen LogP) is 6.02. The number of non-ortho nitro benzene ring substituents is 1. The van der Waals surface area contributed by atoms with Gasteiger partial charge in [0.25, 0.3) is 5.69 Å². The minimum atomic E-state index is -0.401. The fourth-order valence-electron chi connectivity index (χ4n) is 3.05. The summed E-state index contributed by atoms with van der Waals surface area (Å²) >= 11 is 1.45. The molecule has 0 aliphatic rings. The number of nitrogens with zero attached hydrogens (tertiary/aromatic N) is 4. The van der Waals surface area contributed by atoms with Gasteiger partial charge in [0.1, 0.15) is 11.4 Å². The molecule has 0 N–H and O–H groups in total. The van der Waals surface area contributed by atoms with E-state index in [1.54, 1.807) is 12.1 Å². The van der Waals surface area contributed by atoms with E-state index in [4.69, 9.17) is 4.98 Å². The maximum Gasteiger partial charge on any atom is 0.269 e. The van der Waals surface area contributed by atoms with Gasteiger partial charge in [0.05, 0.1) is 4.92 Å². The zero-order valence-electron chi connectivity index (χ0n) is 17.1. The lowest BCUT2D eigenvalue weighted by Crippen LogP contribution is -1.99. The molecule has 0 fully saturated rings. The van der Waals surface area contributed by atoms with E-state index in [-0.39, 0.29) is 5.69 Å². The Hall–Kier alpha value is -3.58. The summed E-state index contributed by atoms with van der Waals surface area (Å²) in [7, 11) is 0. The third-order valence-corrected chi connectivity index (χ3v) is 5.74. The lowest BCUT2D eigenvalue weighted by molar-refractivity contribution is -0.384. The molecule has 0 saturated carbocycles. The number of aryl methyl sites for hydroxylation is 2. The van der Waals surface area contributed by atoms with Crippen LogP contribution in [0.1, 0.15) is 16.7 Å². The predicted molar refractivity (Wildman–Crippen MR) is 123 cm³/mol. The molecule has 0 radical (unpaired) electrons. The third-order valence-electron chi connectivity index (χ3n) is 4.83. The summed E-state index contributed by atoms with van der Waals surface area (Å²) in [5.41, 5.74) is 6.86. The van der Waals surface area contributed by atoms with Crippen molar-refractivity contribution in [2.24, 2.45) is 0 Å². The highest BCUT2D eigenvalue weighted by molar-refractivity contribution is 7.98. The van der Waals surface area contributed by atoms with E-state index in [0.29, 0.717) is 10.9 Å². The molecule has 154 valence electrons. The Bertz CT molecular complexity index is 1210. The Morgan fingerprint density at radius 1 is 0.774 bits per heavy atom. The molecule has 0 bridgehead atoms. The zero-order valence-corrected chi connectivity index (χ0v) is 18.0. The standard InChI is InChI=1S/C24H20N4O2S/c1-16-3-9-19(10-4-16)22-23(20-11-5-17(2)6-12-20)26-27-24(25-22)31-15-18-7-13-21(14-8-18)28(29)30/h3-14H,15H2,1-2H3. The van der Waals surface area contributed by atoms with E-state index in [0.717, 1.165) is 28.1 Å². The van der Waals surface area contributed by atoms with Gasteiger partial charge in [-0.15, -0.1) is 10.2 Å². The van der Waals surface area contributed by atoms with Crippen LogP contribution in [0.3, 0.4) is 0 Å². The third kappa shape index (κ3) is 4.95. The van der Waals surface area contributed by atoms with E-state index in [2.05, 4.69) is 22.3 Å². The number of aromatic nitrogens is 3. The topological polar surface area (TPSA) is 81.8 Å². The van der Waals surface area contributed by atoms with Crippen molar-refractivity contribution in [3.63, 3.8) is 0 Å². The summed E-state index contributed by atoms with van der Waals surface area (Å²) in [6.07, 6.45) is 0. The molecule has 0 amide bonds. The summed E-state index contributed by atoms with van der Waals surface area (Å²) in [5.74, 6) is 0.594. The second-order valence-corrected chi connectivity index (χ2v) is 8.18. The molecule has 3 aromatic carbocycles. The van der Waals surface area contributed by atoms with Gasteiger partial charge < -0.3 is 0 Å². The van der Waals surface area contributed by atoms with Crippen molar-refractivity contribution < 1.29 is 4.92 Å². The van der Waals surface area contributed by atoms with Gasteiger partial charge in [-0.1, -0.05) is 83.6 Å². The van der Waals surface area contributed by atoms with Crippen LogP contribution in [0.2, 0.25) is 0 Å². The van der Waals surface area contributed by atoms with Gasteiger partial charge >= 0.3 is 0 Å². The SMILES string of the molecule is Cc1ccc(-c2nnc(SCc3ccc([N+](=O)[O-])cc3)nc2-c2ccc(C)cc2)cc1. The minimum absolute atomic E-state index is 0.0794. The molecule has 0 spiro atoms. The van der Waals surface area contributed by atoms with Crippen molar-refractivity contribution in [2.75, 3.05) is 0 Å². The van der Waals surface area contributed by atoms with Gasteiger partial charge in [-0.3, -0.25) is 10.1 Å². The molecule has 1 aromatic heterocycles. The second kappa shape index (κ2) is 9.06. The zero-order chi connectivity index (χ0) is 21.8. The molecule has 1 heterocycles. The largest absolute Gasteiger partial charge is 0.269 e. The molecular weight excluding hydrogens is 408 g/mol. The van der Waals surface area contributed by atoms with Crippen molar-refractivity contribution in [1.82, 2.24) is 15.2 Å². The first-order valence-electron chi connectivity index (χ1n) is 9.74. The average molecular weight is 429 g/mol. The summed E-state index contributed by atoms with van der Waals surface area (Å²) in [6, 6.07) is 22.9. The minimum Gasteiger partial charge on any atom is -0.258 e. The van der Waals surface area contributed by atoms with Gasteiger partial charge in [0.15, 0.2) is 0 Å². The van der Waals surface area contributed by atoms with Crippen molar-refractivity contribution in [2.45, 2.75) is 24.8 Å². The van der Waals surface area contributed by atoms with Crippen LogP contribution in [0, 0.1) is 24.0 Å². The first-order valence-corrected chi connectivity index (χ1v) is 10.7. The fraction of sp³-hybridized carbons (Fsp3) is 0.125. The molecule has 6 nitrogen and oxygen atoms in total. The van der Waals surface area contributed by atoms with Gasteiger partial charge in [-0.25, -0.2) is 4.98 Å². The van der Waals surface area contributed by atoms with Crippen LogP contribution in [0.4, 0.5) is 5.69 Å². The Morgan fingerprint density at radius 2 is 1.32 bits per heavy atom. The molecule has 0 unspecified atom stereocenters. The van der Waals surface area contributed by atoms with Crippen molar-refractivity contribution in [3.8, 4) is 22.5 Å². The molecule has 4 rings (SSSR count). The fourth-order valence-corrected chi connectivity index (χ4v) is 3.80. The van der Waals surface area contributed by atoms with E-state index < -0.39 is 4.92 Å². The number of hydrogen-bond donors (Lipinski definition) is 0. The summed E-state index contributed by atoms with van der Waals surface area (Å²) in [4.78, 5) is 15.2. The number of thioether (sulfide) groups is 1. The maximum absolute atomic E-state index is 10.8. The van der Waals surface area contributed by atoms with Crippen LogP contribution in [-0.4, -0.2) is 20.1 Å². The molecule has 7 heteroatoms. The number of rotatable bonds is 6. The van der Waals surface area contributed by atoms with Crippen LogP contribution in [-0.2, 0) is 5.75 Å². The van der Waals surface area contributed by atoms with Gasteiger partial charge in [0.2, 0.25) is 5.16 Å². The normalized spacial score (nSPS) is 10.8. The van der Waals surface area contributed by atoms with Gasteiger partial charge in [0, 0.05) is 29.0 Å². The molecule has 31 heavy (non-hydrogen) atoms. The first-order chi connectivity index (χ1) is 15.0. The maximum atomic E-state index is 10.8. The highest BCUT2D eigenvalue weighted by Crippen LogP contribution is 2.31. The Balaban J connectivity index is 1.65. The van der Waals surface area contributed by atoms with Crippen LogP contribution in [0.5, 0.6) is 0 Å². The van der Waals surface area contributed by atoms with Crippen LogP contribution in [0.25, 0.3) is 22.5 Å². The number of nitro groups is 1. The summed E-state index contributed by atoms with van der Waals surface area (Å²) < 4.78 is 0. The average Bonchev–Trinajstić information content (AvgIpc) is 2.79. The lowest BCUT2D eigenvalue weighted by atomic mass is 10.0. The van der Waals surface area contributed by atoms with Crippen LogP contribution in [0.15, 0.2) is 78.0 Å². The number of hydrogen-bond acceptors (Lipinski definition) is 6. The monoisotopic (exact) mass is 428 g/mol. The van der Waals surface area contributed by atoms with Crippen molar-refractivity contribution >= 4 is 17.4 Å². The number of benzene rings is 3.